The van der Waals surface area contributed by atoms with Crippen molar-refractivity contribution < 1.29 is 14.6 Å². The van der Waals surface area contributed by atoms with Crippen LogP contribution in [0.5, 0.6) is 0 Å². The number of rotatable bonds is 9. The SMILES string of the molecule is CCC(O)(/C=C/CSC(C)C1=CC[C@H]2C3=CC=C4CC(O)CC(O[Si](C)(C)C(C)(C)C)[C@]4(C)[C@H]3CC[C@]12C)CC. The van der Waals surface area contributed by atoms with Crippen LogP contribution in [-0.4, -0.2) is 47.3 Å². The number of fused-ring (bicyclic) bond motifs is 5. The monoisotopic (exact) mass is 586 g/mol. The number of thioether (sulfide) groups is 1. The number of aliphatic hydroxyl groups excluding tert-OH is 1. The van der Waals surface area contributed by atoms with Crippen LogP contribution >= 0.6 is 11.8 Å². The number of aliphatic hydroxyl groups is 2. The van der Waals surface area contributed by atoms with Crippen molar-refractivity contribution in [1.82, 2.24) is 0 Å². The van der Waals surface area contributed by atoms with Gasteiger partial charge in [0.1, 0.15) is 0 Å². The lowest BCUT2D eigenvalue weighted by Crippen LogP contribution is -2.57. The first-order chi connectivity index (χ1) is 18.5. The number of hydrogen-bond donors (Lipinski definition) is 2. The second-order valence-electron chi connectivity index (χ2n) is 15.2. The molecule has 2 fully saturated rings. The van der Waals surface area contributed by atoms with Gasteiger partial charge in [0.2, 0.25) is 0 Å². The van der Waals surface area contributed by atoms with Crippen LogP contribution in [0.15, 0.2) is 47.1 Å². The molecule has 2 saturated carbocycles. The van der Waals surface area contributed by atoms with Crippen molar-refractivity contribution in [2.45, 2.75) is 142 Å². The smallest absolute Gasteiger partial charge is 0.192 e. The zero-order valence-electron chi connectivity index (χ0n) is 27.1. The van der Waals surface area contributed by atoms with Crippen molar-refractivity contribution in [3.05, 3.63) is 47.1 Å². The third-order valence-corrected chi connectivity index (χ3v) is 17.7. The van der Waals surface area contributed by atoms with Crippen LogP contribution in [0.4, 0.5) is 0 Å². The predicted octanol–water partition coefficient (Wildman–Crippen LogP) is 9.00. The van der Waals surface area contributed by atoms with E-state index in [1.54, 1.807) is 11.1 Å². The molecule has 40 heavy (non-hydrogen) atoms. The molecule has 0 bridgehead atoms. The maximum absolute atomic E-state index is 10.9. The fourth-order valence-corrected chi connectivity index (χ4v) is 10.5. The van der Waals surface area contributed by atoms with E-state index in [4.69, 9.17) is 4.43 Å². The van der Waals surface area contributed by atoms with Gasteiger partial charge in [-0.1, -0.05) is 95.6 Å². The van der Waals surface area contributed by atoms with Gasteiger partial charge in [0, 0.05) is 16.4 Å². The molecule has 0 aliphatic heterocycles. The van der Waals surface area contributed by atoms with Crippen LogP contribution in [0.2, 0.25) is 18.1 Å². The van der Waals surface area contributed by atoms with Gasteiger partial charge in [0.25, 0.3) is 0 Å². The first kappa shape index (κ1) is 32.3. The molecule has 226 valence electrons. The molecule has 4 aliphatic rings. The minimum absolute atomic E-state index is 0.0383. The Hall–Kier alpha value is -0.593. The summed E-state index contributed by atoms with van der Waals surface area (Å²) < 4.78 is 7.20. The summed E-state index contributed by atoms with van der Waals surface area (Å²) in [7, 11) is -1.99. The zero-order chi connectivity index (χ0) is 29.7. The topological polar surface area (TPSA) is 49.7 Å². The molecule has 4 aliphatic carbocycles. The van der Waals surface area contributed by atoms with Gasteiger partial charge >= 0.3 is 0 Å². The highest BCUT2D eigenvalue weighted by molar-refractivity contribution is 8.00. The quantitative estimate of drug-likeness (QED) is 0.209. The lowest BCUT2D eigenvalue weighted by Gasteiger charge is -2.58. The van der Waals surface area contributed by atoms with E-state index < -0.39 is 13.9 Å². The van der Waals surface area contributed by atoms with Crippen molar-refractivity contribution in [3.8, 4) is 0 Å². The molecule has 0 heterocycles. The van der Waals surface area contributed by atoms with E-state index in [9.17, 15) is 10.2 Å². The minimum Gasteiger partial charge on any atom is -0.413 e. The normalized spacial score (nSPS) is 35.5. The summed E-state index contributed by atoms with van der Waals surface area (Å²) in [6.07, 6.45) is 18.0. The molecule has 0 aromatic rings. The summed E-state index contributed by atoms with van der Waals surface area (Å²) in [4.78, 5) is 0. The van der Waals surface area contributed by atoms with Crippen LogP contribution in [0, 0.1) is 22.7 Å². The maximum Gasteiger partial charge on any atom is 0.192 e. The fraction of sp³-hybridized carbons (Fsp3) is 0.771. The summed E-state index contributed by atoms with van der Waals surface area (Å²) in [5.74, 6) is 1.98. The van der Waals surface area contributed by atoms with E-state index in [-0.39, 0.29) is 28.1 Å². The van der Waals surface area contributed by atoms with Crippen LogP contribution in [0.1, 0.15) is 100 Å². The highest BCUT2D eigenvalue weighted by atomic mass is 32.2. The summed E-state index contributed by atoms with van der Waals surface area (Å²) in [5.41, 5.74) is 4.18. The molecule has 0 amide bonds. The van der Waals surface area contributed by atoms with E-state index >= 15 is 0 Å². The molecule has 3 nitrogen and oxygen atoms in total. The Kier molecular flexibility index (Phi) is 9.28. The highest BCUT2D eigenvalue weighted by Gasteiger charge is 2.58. The van der Waals surface area contributed by atoms with Crippen molar-refractivity contribution >= 4 is 20.1 Å². The molecule has 0 saturated heterocycles. The van der Waals surface area contributed by atoms with E-state index in [1.165, 1.54) is 18.4 Å². The lowest BCUT2D eigenvalue weighted by atomic mass is 9.49. The Morgan fingerprint density at radius 3 is 2.45 bits per heavy atom. The van der Waals surface area contributed by atoms with Gasteiger partial charge in [-0.3, -0.25) is 0 Å². The second kappa shape index (κ2) is 11.5. The van der Waals surface area contributed by atoms with Gasteiger partial charge in [-0.15, -0.1) is 0 Å². The molecule has 3 unspecified atom stereocenters. The second-order valence-corrected chi connectivity index (χ2v) is 21.4. The Morgan fingerprint density at radius 1 is 1.15 bits per heavy atom. The first-order valence-corrected chi connectivity index (χ1v) is 20.0. The van der Waals surface area contributed by atoms with Gasteiger partial charge in [0.05, 0.1) is 17.8 Å². The van der Waals surface area contributed by atoms with Crippen LogP contribution in [0.25, 0.3) is 0 Å². The molecular weight excluding hydrogens is 529 g/mol. The molecule has 0 aromatic carbocycles. The molecule has 0 aromatic heterocycles. The third-order valence-electron chi connectivity index (χ3n) is 12.0. The maximum atomic E-state index is 10.9. The van der Waals surface area contributed by atoms with Gasteiger partial charge < -0.3 is 14.6 Å². The first-order valence-electron chi connectivity index (χ1n) is 16.0. The average molecular weight is 587 g/mol. The molecule has 4 rings (SSSR count). The Labute approximate surface area is 251 Å². The summed E-state index contributed by atoms with van der Waals surface area (Å²) in [6.45, 7) is 23.2. The Balaban J connectivity index is 1.54. The number of allylic oxidation sites excluding steroid dienone is 4. The van der Waals surface area contributed by atoms with Gasteiger partial charge in [-0.05, 0) is 87.3 Å². The van der Waals surface area contributed by atoms with E-state index in [0.717, 1.165) is 37.9 Å². The number of hydrogen-bond acceptors (Lipinski definition) is 4. The van der Waals surface area contributed by atoms with Crippen molar-refractivity contribution in [2.75, 3.05) is 5.75 Å². The molecule has 2 N–H and O–H groups in total. The highest BCUT2D eigenvalue weighted by Crippen LogP contribution is 2.65. The third kappa shape index (κ3) is 5.68. The van der Waals surface area contributed by atoms with Crippen LogP contribution < -0.4 is 0 Å². The summed E-state index contributed by atoms with van der Waals surface area (Å²) in [6, 6.07) is 0. The molecule has 7 atom stereocenters. The molecule has 0 radical (unpaired) electrons. The zero-order valence-corrected chi connectivity index (χ0v) is 29.0. The van der Waals surface area contributed by atoms with Crippen molar-refractivity contribution in [2.24, 2.45) is 22.7 Å². The van der Waals surface area contributed by atoms with Crippen LogP contribution in [-0.2, 0) is 4.43 Å². The lowest BCUT2D eigenvalue weighted by molar-refractivity contribution is -0.0417. The predicted molar refractivity (Wildman–Crippen MR) is 175 cm³/mol. The standard InChI is InChI=1S/C35H58O3SSi/c1-11-35(37,12-2)19-13-21-39-24(3)28-16-17-29-27-15-14-25-22-26(36)23-31(38-40(9,10)32(4,5)6)34(25,8)30(27)18-20-33(28,29)7/h13-16,19,24,26,29-31,36-37H,11-12,17-18,20-23H2,1-10H3/b19-13+/t24?,26?,29-,30-,31?,33+,34-/m0/s1. The van der Waals surface area contributed by atoms with Crippen molar-refractivity contribution in [3.63, 3.8) is 0 Å². The minimum atomic E-state index is -1.99. The van der Waals surface area contributed by atoms with Gasteiger partial charge in [-0.25, -0.2) is 0 Å². The van der Waals surface area contributed by atoms with E-state index in [0.29, 0.717) is 17.1 Å². The fourth-order valence-electron chi connectivity index (χ4n) is 8.02. The van der Waals surface area contributed by atoms with Gasteiger partial charge in [0.15, 0.2) is 8.32 Å². The van der Waals surface area contributed by atoms with Crippen LogP contribution in [0.3, 0.4) is 0 Å². The van der Waals surface area contributed by atoms with Gasteiger partial charge in [-0.2, -0.15) is 11.8 Å². The molecule has 0 spiro atoms. The van der Waals surface area contributed by atoms with E-state index in [1.807, 2.05) is 17.8 Å². The van der Waals surface area contributed by atoms with Crippen molar-refractivity contribution in [1.29, 1.82) is 0 Å². The molecular formula is C35H58O3SSi. The summed E-state index contributed by atoms with van der Waals surface area (Å²) >= 11 is 2.00. The largest absolute Gasteiger partial charge is 0.413 e. The Morgan fingerprint density at radius 2 is 1.82 bits per heavy atom. The average Bonchev–Trinajstić information content (AvgIpc) is 3.23. The molecule has 5 heteroatoms. The Bertz CT molecular complexity index is 1060. The van der Waals surface area contributed by atoms with E-state index in [2.05, 4.69) is 92.8 Å². The summed E-state index contributed by atoms with van der Waals surface area (Å²) in [5, 5.41) is 22.1.